The third kappa shape index (κ3) is 4.53. The molecule has 3 heteroatoms. The molecule has 0 aromatic carbocycles. The zero-order chi connectivity index (χ0) is 9.07. The molecule has 0 aromatic heterocycles. The molecule has 0 heterocycles. The van der Waals surface area contributed by atoms with E-state index in [0.29, 0.717) is 12.8 Å². The van der Waals surface area contributed by atoms with Crippen molar-refractivity contribution in [3.05, 3.63) is 0 Å². The minimum absolute atomic E-state index is 0.0857. The Labute approximate surface area is 67.5 Å². The number of carbonyl (C=O) groups excluding carboxylic acids is 1. The zero-order valence-corrected chi connectivity index (χ0v) is 7.40. The average molecular weight is 156 g/mol. The maximum atomic E-state index is 11.2. The highest BCUT2D eigenvalue weighted by atomic mass is 16.1. The fourth-order valence-electron chi connectivity index (χ4n) is 0.623. The Morgan fingerprint density at radius 3 is 2.09 bits per heavy atom. The second kappa shape index (κ2) is 3.51. The lowest BCUT2D eigenvalue weighted by molar-refractivity contribution is -0.126. The van der Waals surface area contributed by atoms with Crippen molar-refractivity contribution in [2.75, 3.05) is 0 Å². The Hall–Kier alpha value is -0.860. The highest BCUT2D eigenvalue weighted by Crippen LogP contribution is 2.17. The first-order valence-electron chi connectivity index (χ1n) is 3.70. The van der Waals surface area contributed by atoms with Gasteiger partial charge in [0.15, 0.2) is 0 Å². The van der Waals surface area contributed by atoms with Crippen LogP contribution < -0.4 is 5.73 Å². The molecule has 0 saturated heterocycles. The first kappa shape index (κ1) is 10.1. The van der Waals surface area contributed by atoms with Crippen LogP contribution in [0.25, 0.3) is 0 Å². The highest BCUT2D eigenvalue weighted by molar-refractivity contribution is 5.88. The second-order valence-electron chi connectivity index (χ2n) is 3.70. The third-order valence-electron chi connectivity index (χ3n) is 1.46. The van der Waals surface area contributed by atoms with E-state index in [2.05, 4.69) is 0 Å². The Morgan fingerprint density at radius 2 is 1.82 bits per heavy atom. The van der Waals surface area contributed by atoms with Crippen molar-refractivity contribution >= 4 is 11.6 Å². The van der Waals surface area contributed by atoms with Crippen LogP contribution in [0.2, 0.25) is 0 Å². The smallest absolute Gasteiger partial charge is 0.138 e. The van der Waals surface area contributed by atoms with Crippen molar-refractivity contribution in [2.45, 2.75) is 33.6 Å². The molecule has 0 rings (SSSR count). The number of hydrogen-bond donors (Lipinski definition) is 2. The lowest BCUT2D eigenvalue weighted by atomic mass is 9.88. The molecular formula is C8H16N2O. The van der Waals surface area contributed by atoms with Crippen molar-refractivity contribution in [1.29, 1.82) is 5.41 Å². The summed E-state index contributed by atoms with van der Waals surface area (Å²) < 4.78 is 0. The maximum absolute atomic E-state index is 11.2. The van der Waals surface area contributed by atoms with E-state index in [4.69, 9.17) is 11.1 Å². The molecule has 0 fully saturated rings. The number of nitrogens with one attached hydrogen (secondary N) is 1. The average Bonchev–Trinajstić information content (AvgIpc) is 1.80. The first-order valence-corrected chi connectivity index (χ1v) is 3.70. The molecule has 64 valence electrons. The SMILES string of the molecule is CC(C)(C)C(=O)CCC(=N)N. The Kier molecular flexibility index (Phi) is 3.23. The van der Waals surface area contributed by atoms with E-state index in [9.17, 15) is 4.79 Å². The van der Waals surface area contributed by atoms with Crippen molar-refractivity contribution in [1.82, 2.24) is 0 Å². The van der Waals surface area contributed by atoms with Gasteiger partial charge in [0.2, 0.25) is 0 Å². The van der Waals surface area contributed by atoms with E-state index in [0.717, 1.165) is 0 Å². The maximum Gasteiger partial charge on any atom is 0.138 e. The third-order valence-corrected chi connectivity index (χ3v) is 1.46. The van der Waals surface area contributed by atoms with E-state index in [1.54, 1.807) is 0 Å². The molecule has 3 nitrogen and oxygen atoms in total. The number of nitrogens with two attached hydrogens (primary N) is 1. The largest absolute Gasteiger partial charge is 0.388 e. The zero-order valence-electron chi connectivity index (χ0n) is 7.40. The van der Waals surface area contributed by atoms with Gasteiger partial charge in [0, 0.05) is 18.3 Å². The summed E-state index contributed by atoms with van der Waals surface area (Å²) in [4.78, 5) is 11.2. The summed E-state index contributed by atoms with van der Waals surface area (Å²) in [6.45, 7) is 5.61. The lowest BCUT2D eigenvalue weighted by Gasteiger charge is -2.15. The molecular weight excluding hydrogens is 140 g/mol. The Bertz CT molecular complexity index is 167. The summed E-state index contributed by atoms with van der Waals surface area (Å²) in [6, 6.07) is 0. The summed E-state index contributed by atoms with van der Waals surface area (Å²) >= 11 is 0. The molecule has 0 saturated carbocycles. The van der Waals surface area contributed by atoms with Crippen molar-refractivity contribution < 1.29 is 4.79 Å². The number of hydrogen-bond acceptors (Lipinski definition) is 2. The second-order valence-corrected chi connectivity index (χ2v) is 3.70. The molecule has 0 amide bonds. The summed E-state index contributed by atoms with van der Waals surface area (Å²) in [5.41, 5.74) is 4.82. The van der Waals surface area contributed by atoms with Crippen LogP contribution in [0.15, 0.2) is 0 Å². The van der Waals surface area contributed by atoms with Gasteiger partial charge < -0.3 is 5.73 Å². The van der Waals surface area contributed by atoms with Gasteiger partial charge in [-0.1, -0.05) is 20.8 Å². The number of amidine groups is 1. The van der Waals surface area contributed by atoms with Gasteiger partial charge in [0.05, 0.1) is 5.84 Å². The Morgan fingerprint density at radius 1 is 1.36 bits per heavy atom. The molecule has 0 aromatic rings. The predicted octanol–water partition coefficient (Wildman–Crippen LogP) is 1.32. The van der Waals surface area contributed by atoms with Crippen LogP contribution in [0.5, 0.6) is 0 Å². The van der Waals surface area contributed by atoms with Gasteiger partial charge in [-0.25, -0.2) is 0 Å². The summed E-state index contributed by atoms with van der Waals surface area (Å²) in [6.07, 6.45) is 0.773. The molecule has 0 aliphatic carbocycles. The van der Waals surface area contributed by atoms with Crippen LogP contribution in [-0.4, -0.2) is 11.6 Å². The first-order chi connectivity index (χ1) is 4.84. The van der Waals surface area contributed by atoms with Crippen LogP contribution >= 0.6 is 0 Å². The standard InChI is InChI=1S/C8H16N2O/c1-8(2,3)6(11)4-5-7(9)10/h4-5H2,1-3H3,(H3,9,10). The van der Waals surface area contributed by atoms with Crippen molar-refractivity contribution in [3.63, 3.8) is 0 Å². The minimum Gasteiger partial charge on any atom is -0.388 e. The molecule has 3 N–H and O–H groups in total. The normalized spacial score (nSPS) is 11.2. The number of Topliss-reactive ketones (excluding diaryl/α,β-unsaturated/α-hetero) is 1. The summed E-state index contributed by atoms with van der Waals surface area (Å²) in [5, 5.41) is 6.92. The van der Waals surface area contributed by atoms with Crippen LogP contribution in [0.4, 0.5) is 0 Å². The number of carbonyl (C=O) groups is 1. The summed E-state index contributed by atoms with van der Waals surface area (Å²) in [5.74, 6) is 0.246. The lowest BCUT2D eigenvalue weighted by Crippen LogP contribution is -2.22. The van der Waals surface area contributed by atoms with E-state index < -0.39 is 0 Å². The minimum atomic E-state index is -0.296. The number of ketones is 1. The van der Waals surface area contributed by atoms with Gasteiger partial charge in [-0.05, 0) is 0 Å². The molecule has 0 spiro atoms. The molecule has 0 aliphatic heterocycles. The topological polar surface area (TPSA) is 66.9 Å². The highest BCUT2D eigenvalue weighted by Gasteiger charge is 2.20. The van der Waals surface area contributed by atoms with Crippen molar-refractivity contribution in [2.24, 2.45) is 11.1 Å². The van der Waals surface area contributed by atoms with Gasteiger partial charge in [-0.2, -0.15) is 0 Å². The van der Waals surface area contributed by atoms with Gasteiger partial charge in [-0.15, -0.1) is 0 Å². The number of rotatable bonds is 3. The quantitative estimate of drug-likeness (QED) is 0.478. The molecule has 0 aliphatic rings. The monoisotopic (exact) mass is 156 g/mol. The van der Waals surface area contributed by atoms with E-state index >= 15 is 0 Å². The van der Waals surface area contributed by atoms with E-state index in [1.807, 2.05) is 20.8 Å². The van der Waals surface area contributed by atoms with Gasteiger partial charge in [0.25, 0.3) is 0 Å². The molecule has 0 unspecified atom stereocenters. The molecule has 0 atom stereocenters. The van der Waals surface area contributed by atoms with E-state index in [1.165, 1.54) is 0 Å². The summed E-state index contributed by atoms with van der Waals surface area (Å²) in [7, 11) is 0. The van der Waals surface area contributed by atoms with Gasteiger partial charge >= 0.3 is 0 Å². The predicted molar refractivity (Wildman–Crippen MR) is 45.6 cm³/mol. The van der Waals surface area contributed by atoms with Crippen molar-refractivity contribution in [3.8, 4) is 0 Å². The molecule has 11 heavy (non-hydrogen) atoms. The van der Waals surface area contributed by atoms with Crippen LogP contribution in [0, 0.1) is 10.8 Å². The molecule has 0 bridgehead atoms. The fraction of sp³-hybridized carbons (Fsp3) is 0.750. The van der Waals surface area contributed by atoms with Crippen LogP contribution in [-0.2, 0) is 4.79 Å². The molecule has 0 radical (unpaired) electrons. The Balaban J connectivity index is 3.80. The van der Waals surface area contributed by atoms with Crippen LogP contribution in [0.1, 0.15) is 33.6 Å². The van der Waals surface area contributed by atoms with Gasteiger partial charge in [-0.3, -0.25) is 10.2 Å². The van der Waals surface area contributed by atoms with E-state index in [-0.39, 0.29) is 17.0 Å². The van der Waals surface area contributed by atoms with Gasteiger partial charge in [0.1, 0.15) is 5.78 Å². The fourth-order valence-corrected chi connectivity index (χ4v) is 0.623. The van der Waals surface area contributed by atoms with Crippen LogP contribution in [0.3, 0.4) is 0 Å².